The molecule has 0 heterocycles. The molecule has 4 aliphatic rings. The molecule has 4 saturated carbocycles. The average Bonchev–Trinajstić information content (AvgIpc) is 3.27. The predicted molar refractivity (Wildman–Crippen MR) is 150 cm³/mol. The highest BCUT2D eigenvalue weighted by Crippen LogP contribution is 2.68. The number of carbonyl (C=O) groups is 1. The Morgan fingerprint density at radius 3 is 2.47 bits per heavy atom. The first-order valence-corrected chi connectivity index (χ1v) is 15.4. The molecule has 0 spiro atoms. The van der Waals surface area contributed by atoms with Gasteiger partial charge >= 0.3 is 0 Å². The molecule has 12 unspecified atom stereocenters. The van der Waals surface area contributed by atoms with Crippen LogP contribution >= 0.6 is 0 Å². The fraction of sp³-hybridized carbons (Fsp3) is 0.788. The highest BCUT2D eigenvalue weighted by atomic mass is 16.3. The number of benzene rings is 1. The Balaban J connectivity index is 1.20. The van der Waals surface area contributed by atoms with Gasteiger partial charge in [-0.15, -0.1) is 0 Å². The summed E-state index contributed by atoms with van der Waals surface area (Å²) in [5.41, 5.74) is 0.994. The second kappa shape index (κ2) is 10.9. The molecule has 0 aliphatic heterocycles. The maximum absolute atomic E-state index is 12.8. The van der Waals surface area contributed by atoms with Crippen LogP contribution in [0.15, 0.2) is 30.3 Å². The van der Waals surface area contributed by atoms with Gasteiger partial charge in [0, 0.05) is 6.42 Å². The number of hydrogen-bond donors (Lipinski definition) is 4. The largest absolute Gasteiger partial charge is 0.393 e. The van der Waals surface area contributed by atoms with E-state index in [1.165, 1.54) is 19.3 Å². The van der Waals surface area contributed by atoms with Crippen molar-refractivity contribution in [1.29, 1.82) is 0 Å². The summed E-state index contributed by atoms with van der Waals surface area (Å²) in [5, 5.41) is 35.7. The van der Waals surface area contributed by atoms with E-state index in [4.69, 9.17) is 0 Å². The van der Waals surface area contributed by atoms with Crippen LogP contribution in [0.25, 0.3) is 0 Å². The van der Waals surface area contributed by atoms with Gasteiger partial charge in [0.15, 0.2) is 0 Å². The number of aliphatic hydroxyl groups is 3. The van der Waals surface area contributed by atoms with Gasteiger partial charge in [0.1, 0.15) is 0 Å². The average molecular weight is 526 g/mol. The van der Waals surface area contributed by atoms with Gasteiger partial charge in [-0.3, -0.25) is 4.79 Å². The van der Waals surface area contributed by atoms with Crippen molar-refractivity contribution in [3.05, 3.63) is 35.9 Å². The van der Waals surface area contributed by atoms with Gasteiger partial charge in [0.05, 0.1) is 24.4 Å². The number of hydrogen-bond acceptors (Lipinski definition) is 4. The molecular formula is C33H51NO4. The van der Waals surface area contributed by atoms with Crippen LogP contribution in [-0.4, -0.2) is 39.5 Å². The van der Waals surface area contributed by atoms with Crippen molar-refractivity contribution in [2.75, 3.05) is 0 Å². The Labute approximate surface area is 229 Å². The van der Waals surface area contributed by atoms with Crippen molar-refractivity contribution in [1.82, 2.24) is 5.32 Å². The molecule has 0 bridgehead atoms. The lowest BCUT2D eigenvalue weighted by atomic mass is 9.43. The molecule has 0 radical (unpaired) electrons. The van der Waals surface area contributed by atoms with E-state index in [1.54, 1.807) is 0 Å². The van der Waals surface area contributed by atoms with Crippen molar-refractivity contribution < 1.29 is 20.1 Å². The number of fused-ring (bicyclic) bond motifs is 5. The minimum absolute atomic E-state index is 0.00554. The zero-order valence-electron chi connectivity index (χ0n) is 24.0. The summed E-state index contributed by atoms with van der Waals surface area (Å²) in [7, 11) is 0. The summed E-state index contributed by atoms with van der Waals surface area (Å²) in [6.45, 7) is 8.98. The first-order valence-electron chi connectivity index (χ1n) is 15.4. The van der Waals surface area contributed by atoms with Gasteiger partial charge in [-0.2, -0.15) is 0 Å². The van der Waals surface area contributed by atoms with Crippen LogP contribution in [-0.2, 0) is 4.79 Å². The number of rotatable bonds is 7. The SMILES string of the molecule is CC(CCC(=O)NC(C)C(O)c1ccccc1)C1CCC2C3CCC4CC(O)CCC4(C)C3CC(O)C12C. The molecule has 5 heteroatoms. The summed E-state index contributed by atoms with van der Waals surface area (Å²) >= 11 is 0. The van der Waals surface area contributed by atoms with Crippen molar-refractivity contribution >= 4 is 5.91 Å². The van der Waals surface area contributed by atoms with Crippen LogP contribution in [0.3, 0.4) is 0 Å². The molecule has 5 nitrogen and oxygen atoms in total. The Hall–Kier alpha value is -1.43. The summed E-state index contributed by atoms with van der Waals surface area (Å²) in [4.78, 5) is 12.8. The quantitative estimate of drug-likeness (QED) is 0.371. The van der Waals surface area contributed by atoms with E-state index in [1.807, 2.05) is 37.3 Å². The Morgan fingerprint density at radius 2 is 1.74 bits per heavy atom. The van der Waals surface area contributed by atoms with E-state index < -0.39 is 6.10 Å². The fourth-order valence-corrected chi connectivity index (χ4v) is 10.1. The molecule has 4 aliphatic carbocycles. The molecule has 38 heavy (non-hydrogen) atoms. The third kappa shape index (κ3) is 4.86. The summed E-state index contributed by atoms with van der Waals surface area (Å²) in [6.07, 6.45) is 8.79. The zero-order valence-corrected chi connectivity index (χ0v) is 24.0. The van der Waals surface area contributed by atoms with Crippen LogP contribution in [0.2, 0.25) is 0 Å². The van der Waals surface area contributed by atoms with Crippen molar-refractivity contribution in [2.45, 2.75) is 116 Å². The van der Waals surface area contributed by atoms with Gasteiger partial charge in [0.2, 0.25) is 5.91 Å². The standard InChI is InChI=1S/C33H51NO4/c1-20(10-15-30(37)34-21(2)31(38)22-8-6-5-7-9-22)26-13-14-27-25-12-11-23-18-24(35)16-17-32(23,3)28(25)19-29(36)33(26,27)4/h5-9,20-21,23-29,31,35-36,38H,10-19H2,1-4H3,(H,34,37). The Kier molecular flexibility index (Phi) is 8.03. The second-order valence-corrected chi connectivity index (χ2v) is 14.1. The third-order valence-corrected chi connectivity index (χ3v) is 12.3. The van der Waals surface area contributed by atoms with Gasteiger partial charge in [-0.25, -0.2) is 0 Å². The lowest BCUT2D eigenvalue weighted by Gasteiger charge is -2.62. The van der Waals surface area contributed by atoms with Crippen LogP contribution < -0.4 is 5.32 Å². The van der Waals surface area contributed by atoms with Crippen molar-refractivity contribution in [3.8, 4) is 0 Å². The van der Waals surface area contributed by atoms with Crippen LogP contribution in [0.5, 0.6) is 0 Å². The lowest BCUT2D eigenvalue weighted by Crippen LogP contribution is -2.58. The maximum atomic E-state index is 12.8. The molecule has 212 valence electrons. The number of aliphatic hydroxyl groups excluding tert-OH is 3. The second-order valence-electron chi connectivity index (χ2n) is 14.1. The number of carbonyl (C=O) groups excluding carboxylic acids is 1. The van der Waals surface area contributed by atoms with Gasteiger partial charge in [-0.05, 0) is 117 Å². The van der Waals surface area contributed by atoms with E-state index >= 15 is 0 Å². The first kappa shape index (κ1) is 28.1. The zero-order chi connectivity index (χ0) is 27.2. The summed E-state index contributed by atoms with van der Waals surface area (Å²) in [5.74, 6) is 3.20. The molecule has 5 rings (SSSR count). The van der Waals surface area contributed by atoms with Gasteiger partial charge < -0.3 is 20.6 Å². The highest BCUT2D eigenvalue weighted by molar-refractivity contribution is 5.76. The molecule has 1 aromatic carbocycles. The predicted octanol–water partition coefficient (Wildman–Crippen LogP) is 5.63. The molecular weight excluding hydrogens is 474 g/mol. The highest BCUT2D eigenvalue weighted by Gasteiger charge is 2.63. The molecule has 1 amide bonds. The summed E-state index contributed by atoms with van der Waals surface area (Å²) < 4.78 is 0. The molecule has 1 aromatic rings. The van der Waals surface area contributed by atoms with E-state index in [0.717, 1.165) is 44.1 Å². The molecule has 12 atom stereocenters. The van der Waals surface area contributed by atoms with Gasteiger partial charge in [0.25, 0.3) is 0 Å². The molecule has 0 aromatic heterocycles. The first-order chi connectivity index (χ1) is 18.1. The number of nitrogens with one attached hydrogen (secondary N) is 1. The summed E-state index contributed by atoms with van der Waals surface area (Å²) in [6, 6.07) is 9.15. The molecule has 0 saturated heterocycles. The van der Waals surface area contributed by atoms with Crippen LogP contribution in [0, 0.1) is 46.3 Å². The van der Waals surface area contributed by atoms with E-state index in [2.05, 4.69) is 26.1 Å². The van der Waals surface area contributed by atoms with Crippen LogP contribution in [0.1, 0.15) is 104 Å². The Bertz CT molecular complexity index is 969. The minimum atomic E-state index is -0.721. The molecule has 4 fully saturated rings. The van der Waals surface area contributed by atoms with Gasteiger partial charge in [-0.1, -0.05) is 51.1 Å². The van der Waals surface area contributed by atoms with E-state index in [0.29, 0.717) is 41.9 Å². The maximum Gasteiger partial charge on any atom is 0.220 e. The lowest BCUT2D eigenvalue weighted by molar-refractivity contribution is -0.175. The third-order valence-electron chi connectivity index (χ3n) is 12.3. The smallest absolute Gasteiger partial charge is 0.220 e. The van der Waals surface area contributed by atoms with Crippen LogP contribution in [0.4, 0.5) is 0 Å². The minimum Gasteiger partial charge on any atom is -0.393 e. The molecule has 4 N–H and O–H groups in total. The monoisotopic (exact) mass is 525 g/mol. The normalized spacial score (nSPS) is 42.8. The van der Waals surface area contributed by atoms with E-state index in [9.17, 15) is 20.1 Å². The fourth-order valence-electron chi connectivity index (χ4n) is 10.1. The van der Waals surface area contributed by atoms with E-state index in [-0.39, 0.29) is 35.0 Å². The topological polar surface area (TPSA) is 89.8 Å². The Morgan fingerprint density at radius 1 is 1.00 bits per heavy atom. The van der Waals surface area contributed by atoms with Crippen molar-refractivity contribution in [3.63, 3.8) is 0 Å². The number of amides is 1. The van der Waals surface area contributed by atoms with Crippen molar-refractivity contribution in [2.24, 2.45) is 46.3 Å².